The fourth-order valence-electron chi connectivity index (χ4n) is 2.67. The minimum absolute atomic E-state index is 0.122. The molecule has 6 nitrogen and oxygen atoms in total. The second-order valence-electron chi connectivity index (χ2n) is 6.58. The molecule has 2 aromatic carbocycles. The highest BCUT2D eigenvalue weighted by atomic mass is 32.2. The van der Waals surface area contributed by atoms with Crippen LogP contribution >= 0.6 is 23.1 Å². The maximum atomic E-state index is 12.5. The molecular weight excluding hydrogens is 428 g/mol. The van der Waals surface area contributed by atoms with Gasteiger partial charge in [-0.2, -0.15) is 0 Å². The zero-order valence-electron chi connectivity index (χ0n) is 17.0. The smallest absolute Gasteiger partial charge is 0.255 e. The highest BCUT2D eigenvalue weighted by Gasteiger charge is 2.12. The first-order valence-electron chi connectivity index (χ1n) is 9.35. The molecule has 4 N–H and O–H groups in total. The molecule has 158 valence electrons. The monoisotopic (exact) mass is 450 g/mol. The fraction of sp³-hybridized carbons (Fsp3) is 0.0870. The molecule has 8 heteroatoms. The number of thiazole rings is 1. The van der Waals surface area contributed by atoms with Gasteiger partial charge in [-0.05, 0) is 55.0 Å². The van der Waals surface area contributed by atoms with Gasteiger partial charge in [0, 0.05) is 22.6 Å². The third-order valence-corrected chi connectivity index (χ3v) is 6.49. The Bertz CT molecular complexity index is 1180. The Hall–Kier alpha value is -3.36. The molecule has 1 aromatic heterocycles. The third kappa shape index (κ3) is 5.84. The average molecular weight is 451 g/mol. The van der Waals surface area contributed by atoms with E-state index in [1.54, 1.807) is 36.4 Å². The Labute approximate surface area is 188 Å². The SMILES string of the molecule is C=C/C(C)=C(\C=C)C(=O)Nc1ccc2nc(SCC(=O)Nc3ccc(N)cc3)sc2c1. The number of allylic oxidation sites excluding steroid dienone is 2. The summed E-state index contributed by atoms with van der Waals surface area (Å²) in [6, 6.07) is 12.5. The van der Waals surface area contributed by atoms with E-state index in [4.69, 9.17) is 5.73 Å². The number of fused-ring (bicyclic) bond motifs is 1. The largest absolute Gasteiger partial charge is 0.399 e. The molecule has 0 fully saturated rings. The maximum Gasteiger partial charge on any atom is 0.255 e. The summed E-state index contributed by atoms with van der Waals surface area (Å²) < 4.78 is 1.70. The summed E-state index contributed by atoms with van der Waals surface area (Å²) in [7, 11) is 0. The zero-order valence-corrected chi connectivity index (χ0v) is 18.6. The van der Waals surface area contributed by atoms with Crippen molar-refractivity contribution in [2.24, 2.45) is 0 Å². The predicted molar refractivity (Wildman–Crippen MR) is 132 cm³/mol. The molecular formula is C23H22N4O2S2. The van der Waals surface area contributed by atoms with E-state index in [9.17, 15) is 9.59 Å². The molecule has 0 bridgehead atoms. The number of carbonyl (C=O) groups is 2. The van der Waals surface area contributed by atoms with E-state index < -0.39 is 0 Å². The van der Waals surface area contributed by atoms with Crippen LogP contribution in [0, 0.1) is 0 Å². The number of nitrogens with zero attached hydrogens (tertiary/aromatic N) is 1. The molecule has 0 aliphatic heterocycles. The number of nitrogen functional groups attached to an aromatic ring is 1. The van der Waals surface area contributed by atoms with Gasteiger partial charge in [0.15, 0.2) is 4.34 Å². The summed E-state index contributed by atoms with van der Waals surface area (Å²) in [5, 5.41) is 5.70. The molecule has 0 aliphatic carbocycles. The van der Waals surface area contributed by atoms with Gasteiger partial charge in [0.2, 0.25) is 5.91 Å². The van der Waals surface area contributed by atoms with E-state index in [0.29, 0.717) is 22.6 Å². The molecule has 3 aromatic rings. The predicted octanol–water partition coefficient (Wildman–Crippen LogP) is 5.24. The zero-order chi connectivity index (χ0) is 22.4. The number of carbonyl (C=O) groups excluding carboxylic acids is 2. The number of amides is 2. The van der Waals surface area contributed by atoms with Crippen molar-refractivity contribution < 1.29 is 9.59 Å². The van der Waals surface area contributed by atoms with Gasteiger partial charge in [0.1, 0.15) is 0 Å². The van der Waals surface area contributed by atoms with Crippen molar-refractivity contribution in [1.29, 1.82) is 0 Å². The van der Waals surface area contributed by atoms with Crippen LogP contribution < -0.4 is 16.4 Å². The first-order chi connectivity index (χ1) is 14.9. The van der Waals surface area contributed by atoms with Crippen molar-refractivity contribution in [2.45, 2.75) is 11.3 Å². The number of hydrogen-bond donors (Lipinski definition) is 3. The lowest BCUT2D eigenvalue weighted by Gasteiger charge is -2.07. The number of nitrogens with one attached hydrogen (secondary N) is 2. The molecule has 1 heterocycles. The van der Waals surface area contributed by atoms with Crippen LogP contribution in [0.4, 0.5) is 17.1 Å². The molecule has 0 aliphatic rings. The van der Waals surface area contributed by atoms with Crippen molar-refractivity contribution >= 4 is 62.2 Å². The summed E-state index contributed by atoms with van der Waals surface area (Å²) >= 11 is 2.83. The molecule has 3 rings (SSSR count). The summed E-state index contributed by atoms with van der Waals surface area (Å²) in [6.45, 7) is 9.19. The van der Waals surface area contributed by atoms with E-state index in [1.165, 1.54) is 29.2 Å². The van der Waals surface area contributed by atoms with Gasteiger partial charge in [0.05, 0.1) is 16.0 Å². The van der Waals surface area contributed by atoms with E-state index in [0.717, 1.165) is 20.1 Å². The van der Waals surface area contributed by atoms with E-state index in [-0.39, 0.29) is 17.6 Å². The van der Waals surface area contributed by atoms with Crippen LogP contribution in [0.15, 0.2) is 83.3 Å². The van der Waals surface area contributed by atoms with Gasteiger partial charge in [-0.15, -0.1) is 11.3 Å². The maximum absolute atomic E-state index is 12.5. The highest BCUT2D eigenvalue weighted by Crippen LogP contribution is 2.31. The van der Waals surface area contributed by atoms with Crippen LogP contribution in [0.2, 0.25) is 0 Å². The minimum Gasteiger partial charge on any atom is -0.399 e. The number of hydrogen-bond acceptors (Lipinski definition) is 6. The lowest BCUT2D eigenvalue weighted by molar-refractivity contribution is -0.114. The topological polar surface area (TPSA) is 97.1 Å². The van der Waals surface area contributed by atoms with Gasteiger partial charge in [-0.1, -0.05) is 37.1 Å². The number of benzene rings is 2. The standard InChI is InChI=1S/C23H22N4O2S2/c1-4-14(3)18(5-2)22(29)26-17-10-11-19-20(12-17)31-23(27-19)30-13-21(28)25-16-8-6-15(24)7-9-16/h4-12H,1-2,13,24H2,3H3,(H,25,28)(H,26,29)/b18-14+. The Morgan fingerprint density at radius 3 is 2.48 bits per heavy atom. The number of nitrogens with two attached hydrogens (primary N) is 1. The summed E-state index contributed by atoms with van der Waals surface area (Å²) in [6.07, 6.45) is 3.14. The van der Waals surface area contributed by atoms with Crippen molar-refractivity contribution in [2.75, 3.05) is 22.1 Å². The lowest BCUT2D eigenvalue weighted by Crippen LogP contribution is -2.14. The van der Waals surface area contributed by atoms with Crippen LogP contribution in [0.3, 0.4) is 0 Å². The Morgan fingerprint density at radius 1 is 1.10 bits per heavy atom. The number of aromatic nitrogens is 1. The lowest BCUT2D eigenvalue weighted by atomic mass is 10.1. The van der Waals surface area contributed by atoms with Crippen molar-refractivity contribution in [3.05, 3.63) is 78.9 Å². The van der Waals surface area contributed by atoms with Crippen molar-refractivity contribution in [1.82, 2.24) is 4.98 Å². The molecule has 0 radical (unpaired) electrons. The summed E-state index contributed by atoms with van der Waals surface area (Å²) in [4.78, 5) is 29.2. The number of anilines is 3. The molecule has 0 saturated carbocycles. The van der Waals surface area contributed by atoms with Gasteiger partial charge in [0.25, 0.3) is 5.91 Å². The van der Waals surface area contributed by atoms with E-state index >= 15 is 0 Å². The molecule has 0 spiro atoms. The van der Waals surface area contributed by atoms with Crippen LogP contribution in [-0.2, 0) is 9.59 Å². The number of thioether (sulfide) groups is 1. The van der Waals surface area contributed by atoms with Gasteiger partial charge >= 0.3 is 0 Å². The Kier molecular flexibility index (Phi) is 7.28. The molecule has 0 atom stereocenters. The highest BCUT2D eigenvalue weighted by molar-refractivity contribution is 8.01. The van der Waals surface area contributed by atoms with Gasteiger partial charge < -0.3 is 16.4 Å². The normalized spacial score (nSPS) is 11.5. The van der Waals surface area contributed by atoms with Gasteiger partial charge in [-0.25, -0.2) is 4.98 Å². The van der Waals surface area contributed by atoms with Gasteiger partial charge in [-0.3, -0.25) is 9.59 Å². The third-order valence-electron chi connectivity index (χ3n) is 4.33. The first-order valence-corrected chi connectivity index (χ1v) is 11.2. The molecule has 0 unspecified atom stereocenters. The van der Waals surface area contributed by atoms with Crippen LogP contribution in [0.1, 0.15) is 6.92 Å². The average Bonchev–Trinajstić information content (AvgIpc) is 3.16. The molecule has 2 amide bonds. The second-order valence-corrected chi connectivity index (χ2v) is 8.83. The van der Waals surface area contributed by atoms with Crippen molar-refractivity contribution in [3.63, 3.8) is 0 Å². The van der Waals surface area contributed by atoms with Crippen molar-refractivity contribution in [3.8, 4) is 0 Å². The molecule has 31 heavy (non-hydrogen) atoms. The molecule has 0 saturated heterocycles. The summed E-state index contributed by atoms with van der Waals surface area (Å²) in [5.74, 6) is -0.129. The first kappa shape index (κ1) is 22.3. The van der Waals surface area contributed by atoms with Crippen LogP contribution in [0.5, 0.6) is 0 Å². The number of rotatable bonds is 8. The van der Waals surface area contributed by atoms with E-state index in [2.05, 4.69) is 28.8 Å². The van der Waals surface area contributed by atoms with E-state index in [1.807, 2.05) is 19.1 Å². The van der Waals surface area contributed by atoms with Crippen LogP contribution in [-0.4, -0.2) is 22.6 Å². The Morgan fingerprint density at radius 2 is 1.81 bits per heavy atom. The fourth-order valence-corrected chi connectivity index (χ4v) is 4.58. The Balaban J connectivity index is 1.64. The quantitative estimate of drug-likeness (QED) is 0.189. The minimum atomic E-state index is -0.245. The van der Waals surface area contributed by atoms with Crippen LogP contribution in [0.25, 0.3) is 10.2 Å². The second kappa shape index (κ2) is 10.1. The summed E-state index contributed by atoms with van der Waals surface area (Å²) in [5.41, 5.74) is 9.69.